The maximum absolute atomic E-state index is 12.6. The number of imide groups is 1. The fourth-order valence-electron chi connectivity index (χ4n) is 2.78. The first-order valence-electron chi connectivity index (χ1n) is 9.09. The minimum Gasteiger partial charge on any atom is -0.465 e. The van der Waals surface area contributed by atoms with Crippen LogP contribution in [0.2, 0.25) is 0 Å². The van der Waals surface area contributed by atoms with Crippen molar-refractivity contribution in [1.29, 1.82) is 0 Å². The molecule has 0 atom stereocenters. The van der Waals surface area contributed by atoms with E-state index in [1.165, 1.54) is 7.11 Å². The third kappa shape index (κ3) is 4.77. The average Bonchev–Trinajstić information content (AvgIpc) is 2.98. The number of carbonyl (C=O) groups is 4. The number of thioether (sulfide) groups is 1. The number of carbonyl (C=O) groups excluding carboxylic acids is 4. The molecule has 1 N–H and O–H groups in total. The van der Waals surface area contributed by atoms with Gasteiger partial charge in [-0.05, 0) is 72.6 Å². The molecule has 30 heavy (non-hydrogen) atoms. The summed E-state index contributed by atoms with van der Waals surface area (Å²) < 4.78 is 4.64. The standard InChI is InChI=1S/C22H20N2O5S/c1-13-4-9-17(10-14(13)2)23-19(25)12-24-20(26)18(30-22(24)28)11-15-5-7-16(8-6-15)21(27)29-3/h4-11H,12H2,1-3H3,(H,23,25)/b18-11+. The quantitative estimate of drug-likeness (QED) is 0.580. The van der Waals surface area contributed by atoms with E-state index in [1.54, 1.807) is 36.4 Å². The number of esters is 1. The number of nitrogens with one attached hydrogen (secondary N) is 1. The molecule has 0 spiro atoms. The van der Waals surface area contributed by atoms with Crippen molar-refractivity contribution in [1.82, 2.24) is 4.90 Å². The van der Waals surface area contributed by atoms with Crippen LogP contribution >= 0.6 is 11.8 Å². The van der Waals surface area contributed by atoms with E-state index < -0.39 is 23.0 Å². The largest absolute Gasteiger partial charge is 0.465 e. The number of anilines is 1. The van der Waals surface area contributed by atoms with E-state index in [4.69, 9.17) is 0 Å². The van der Waals surface area contributed by atoms with E-state index in [2.05, 4.69) is 10.1 Å². The normalized spacial score (nSPS) is 14.9. The average molecular weight is 424 g/mol. The number of rotatable bonds is 5. The van der Waals surface area contributed by atoms with Crippen molar-refractivity contribution < 1.29 is 23.9 Å². The van der Waals surface area contributed by atoms with Crippen LogP contribution in [0.15, 0.2) is 47.4 Å². The molecule has 1 saturated heterocycles. The van der Waals surface area contributed by atoms with E-state index in [0.717, 1.165) is 27.8 Å². The zero-order valence-corrected chi connectivity index (χ0v) is 17.5. The lowest BCUT2D eigenvalue weighted by Crippen LogP contribution is -2.36. The summed E-state index contributed by atoms with van der Waals surface area (Å²) >= 11 is 0.771. The van der Waals surface area contributed by atoms with Crippen LogP contribution in [0.1, 0.15) is 27.0 Å². The zero-order chi connectivity index (χ0) is 21.8. The van der Waals surface area contributed by atoms with Crippen molar-refractivity contribution in [3.8, 4) is 0 Å². The highest BCUT2D eigenvalue weighted by molar-refractivity contribution is 8.18. The number of hydrogen-bond acceptors (Lipinski definition) is 6. The second-order valence-electron chi connectivity index (χ2n) is 6.73. The molecule has 3 amide bonds. The Bertz CT molecular complexity index is 1060. The molecule has 0 bridgehead atoms. The zero-order valence-electron chi connectivity index (χ0n) is 16.7. The van der Waals surface area contributed by atoms with Crippen LogP contribution in [0.4, 0.5) is 10.5 Å². The van der Waals surface area contributed by atoms with Gasteiger partial charge in [-0.3, -0.25) is 19.3 Å². The number of hydrogen-bond donors (Lipinski definition) is 1. The maximum atomic E-state index is 12.6. The lowest BCUT2D eigenvalue weighted by atomic mass is 10.1. The molecule has 154 valence electrons. The number of ether oxygens (including phenoxy) is 1. The van der Waals surface area contributed by atoms with Crippen LogP contribution in [-0.4, -0.2) is 41.6 Å². The lowest BCUT2D eigenvalue weighted by Gasteiger charge is -2.13. The summed E-state index contributed by atoms with van der Waals surface area (Å²) in [6, 6.07) is 11.9. The van der Waals surface area contributed by atoms with Gasteiger partial charge in [0.15, 0.2) is 0 Å². The summed E-state index contributed by atoms with van der Waals surface area (Å²) in [7, 11) is 1.29. The summed E-state index contributed by atoms with van der Waals surface area (Å²) in [5.74, 6) is -1.45. The molecule has 0 unspecified atom stereocenters. The van der Waals surface area contributed by atoms with Crippen molar-refractivity contribution in [3.63, 3.8) is 0 Å². The molecule has 0 radical (unpaired) electrons. The topological polar surface area (TPSA) is 92.8 Å². The first-order chi connectivity index (χ1) is 14.3. The summed E-state index contributed by atoms with van der Waals surface area (Å²) in [6.07, 6.45) is 1.55. The maximum Gasteiger partial charge on any atom is 0.337 e. The highest BCUT2D eigenvalue weighted by Crippen LogP contribution is 2.32. The van der Waals surface area contributed by atoms with Gasteiger partial charge in [-0.1, -0.05) is 18.2 Å². The summed E-state index contributed by atoms with van der Waals surface area (Å²) in [6.45, 7) is 3.54. The Morgan fingerprint density at radius 2 is 1.77 bits per heavy atom. The Hall–Kier alpha value is -3.39. The Morgan fingerprint density at radius 1 is 1.07 bits per heavy atom. The van der Waals surface area contributed by atoms with Crippen molar-refractivity contribution in [3.05, 3.63) is 69.6 Å². The second-order valence-corrected chi connectivity index (χ2v) is 7.72. The number of benzene rings is 2. The molecule has 2 aromatic carbocycles. The Labute approximate surface area is 178 Å². The van der Waals surface area contributed by atoms with Crippen LogP contribution in [0, 0.1) is 13.8 Å². The molecule has 2 aromatic rings. The van der Waals surface area contributed by atoms with Gasteiger partial charge in [0.05, 0.1) is 17.6 Å². The molecule has 8 heteroatoms. The first kappa shape index (κ1) is 21.3. The minimum absolute atomic E-state index is 0.213. The Kier molecular flexibility index (Phi) is 6.37. The predicted octanol–water partition coefficient (Wildman–Crippen LogP) is 3.77. The number of nitrogens with zero attached hydrogens (tertiary/aromatic N) is 1. The van der Waals surface area contributed by atoms with E-state index in [-0.39, 0.29) is 11.4 Å². The Balaban J connectivity index is 1.68. The van der Waals surface area contributed by atoms with Crippen LogP contribution in [0.5, 0.6) is 0 Å². The Morgan fingerprint density at radius 3 is 2.40 bits per heavy atom. The van der Waals surface area contributed by atoms with Crippen LogP contribution in [0.25, 0.3) is 6.08 Å². The molecule has 1 aliphatic rings. The smallest absolute Gasteiger partial charge is 0.337 e. The molecular weight excluding hydrogens is 404 g/mol. The fourth-order valence-corrected chi connectivity index (χ4v) is 3.62. The van der Waals surface area contributed by atoms with Crippen molar-refractivity contribution in [2.45, 2.75) is 13.8 Å². The van der Waals surface area contributed by atoms with Crippen molar-refractivity contribution >= 4 is 46.5 Å². The van der Waals surface area contributed by atoms with E-state index in [1.807, 2.05) is 26.0 Å². The van der Waals surface area contributed by atoms with Crippen LogP contribution < -0.4 is 5.32 Å². The van der Waals surface area contributed by atoms with Gasteiger partial charge in [-0.25, -0.2) is 4.79 Å². The third-order valence-electron chi connectivity index (χ3n) is 4.60. The van der Waals surface area contributed by atoms with Gasteiger partial charge in [-0.2, -0.15) is 0 Å². The SMILES string of the molecule is COC(=O)c1ccc(/C=C2/SC(=O)N(CC(=O)Nc3ccc(C)c(C)c3)C2=O)cc1. The highest BCUT2D eigenvalue weighted by atomic mass is 32.2. The van der Waals surface area contributed by atoms with Crippen LogP contribution in [0.3, 0.4) is 0 Å². The van der Waals surface area contributed by atoms with Crippen molar-refractivity contribution in [2.75, 3.05) is 19.0 Å². The van der Waals surface area contributed by atoms with Crippen LogP contribution in [-0.2, 0) is 14.3 Å². The number of aryl methyl sites for hydroxylation is 2. The van der Waals surface area contributed by atoms with E-state index in [9.17, 15) is 19.2 Å². The molecule has 0 aromatic heterocycles. The van der Waals surface area contributed by atoms with Gasteiger partial charge in [-0.15, -0.1) is 0 Å². The molecule has 3 rings (SSSR count). The van der Waals surface area contributed by atoms with E-state index in [0.29, 0.717) is 16.8 Å². The number of amides is 3. The van der Waals surface area contributed by atoms with Crippen molar-refractivity contribution in [2.24, 2.45) is 0 Å². The molecule has 1 fully saturated rings. The monoisotopic (exact) mass is 424 g/mol. The molecule has 0 saturated carbocycles. The van der Waals surface area contributed by atoms with E-state index >= 15 is 0 Å². The van der Waals surface area contributed by atoms with Gasteiger partial charge in [0.2, 0.25) is 5.91 Å². The molecule has 1 heterocycles. The summed E-state index contributed by atoms with van der Waals surface area (Å²) in [5.41, 5.74) is 3.76. The second kappa shape index (κ2) is 8.96. The highest BCUT2D eigenvalue weighted by Gasteiger charge is 2.36. The van der Waals surface area contributed by atoms with Gasteiger partial charge < -0.3 is 10.1 Å². The molecular formula is C22H20N2O5S. The van der Waals surface area contributed by atoms with Gasteiger partial charge in [0.25, 0.3) is 11.1 Å². The number of methoxy groups -OCH3 is 1. The third-order valence-corrected chi connectivity index (χ3v) is 5.50. The minimum atomic E-state index is -0.530. The fraction of sp³-hybridized carbons (Fsp3) is 0.182. The van der Waals surface area contributed by atoms with Gasteiger partial charge in [0, 0.05) is 5.69 Å². The summed E-state index contributed by atoms with van der Waals surface area (Å²) in [4.78, 5) is 49.8. The van der Waals surface area contributed by atoms with Gasteiger partial charge in [0.1, 0.15) is 6.54 Å². The van der Waals surface area contributed by atoms with Gasteiger partial charge >= 0.3 is 5.97 Å². The lowest BCUT2D eigenvalue weighted by molar-refractivity contribution is -0.127. The molecule has 1 aliphatic heterocycles. The summed E-state index contributed by atoms with van der Waals surface area (Å²) in [5, 5.41) is 2.20. The molecule has 7 nitrogen and oxygen atoms in total. The molecule has 0 aliphatic carbocycles. The predicted molar refractivity (Wildman–Crippen MR) is 115 cm³/mol. The first-order valence-corrected chi connectivity index (χ1v) is 9.91.